The monoisotopic (exact) mass is 1380 g/mol. The van der Waals surface area contributed by atoms with Gasteiger partial charge in [0.1, 0.15) is 19.3 Å². The maximum atomic E-state index is 13.1. The smallest absolute Gasteiger partial charge is 0.462 e. The first-order chi connectivity index (χ1) is 45.1. The van der Waals surface area contributed by atoms with Crippen LogP contribution in [-0.4, -0.2) is 96.7 Å². The molecule has 3 N–H and O–H groups in total. The number of hydrogen-bond donors (Lipinski definition) is 3. The van der Waals surface area contributed by atoms with Crippen molar-refractivity contribution in [3.8, 4) is 0 Å². The van der Waals surface area contributed by atoms with Gasteiger partial charge in [0, 0.05) is 25.7 Å². The summed E-state index contributed by atoms with van der Waals surface area (Å²) in [4.78, 5) is 72.7. The average Bonchev–Trinajstić information content (AvgIpc) is 2.00. The van der Waals surface area contributed by atoms with Gasteiger partial charge in [-0.05, 0) is 49.4 Å². The molecule has 0 aromatic rings. The van der Waals surface area contributed by atoms with E-state index in [0.29, 0.717) is 31.6 Å². The Bertz CT molecular complexity index is 1850. The van der Waals surface area contributed by atoms with E-state index < -0.39 is 97.5 Å². The van der Waals surface area contributed by atoms with Crippen LogP contribution in [0.15, 0.2) is 0 Å². The summed E-state index contributed by atoms with van der Waals surface area (Å²) in [5.41, 5.74) is 0. The lowest BCUT2D eigenvalue weighted by Crippen LogP contribution is -2.30. The Labute approximate surface area is 575 Å². The van der Waals surface area contributed by atoms with E-state index in [2.05, 4.69) is 55.4 Å². The summed E-state index contributed by atoms with van der Waals surface area (Å²) in [5, 5.41) is 10.6. The minimum absolute atomic E-state index is 0.106. The molecular formula is C75H146O17P2. The van der Waals surface area contributed by atoms with Gasteiger partial charge >= 0.3 is 39.5 Å². The van der Waals surface area contributed by atoms with Crippen LogP contribution in [0.5, 0.6) is 0 Å². The number of ether oxygens (including phenoxy) is 4. The van der Waals surface area contributed by atoms with Crippen LogP contribution in [0.2, 0.25) is 0 Å². The molecule has 6 atom stereocenters. The molecule has 94 heavy (non-hydrogen) atoms. The molecule has 0 aromatic heterocycles. The quantitative estimate of drug-likeness (QED) is 0.0222. The first-order valence-corrected chi connectivity index (χ1v) is 41.7. The van der Waals surface area contributed by atoms with E-state index in [4.69, 9.17) is 37.0 Å². The van der Waals surface area contributed by atoms with E-state index in [0.717, 1.165) is 114 Å². The van der Waals surface area contributed by atoms with Crippen molar-refractivity contribution in [3.63, 3.8) is 0 Å². The second-order valence-electron chi connectivity index (χ2n) is 28.7. The molecule has 0 fully saturated rings. The van der Waals surface area contributed by atoms with Gasteiger partial charge in [-0.2, -0.15) is 0 Å². The molecule has 0 radical (unpaired) electrons. The molecule has 0 saturated carbocycles. The van der Waals surface area contributed by atoms with Gasteiger partial charge in [0.15, 0.2) is 12.2 Å². The third-order valence-corrected chi connectivity index (χ3v) is 19.6. The van der Waals surface area contributed by atoms with Crippen LogP contribution in [0.3, 0.4) is 0 Å². The normalized spacial score (nSPS) is 14.4. The zero-order valence-corrected chi connectivity index (χ0v) is 63.4. The summed E-state index contributed by atoms with van der Waals surface area (Å²) >= 11 is 0. The topological polar surface area (TPSA) is 237 Å². The van der Waals surface area contributed by atoms with Gasteiger partial charge < -0.3 is 33.8 Å². The highest BCUT2D eigenvalue weighted by Gasteiger charge is 2.30. The van der Waals surface area contributed by atoms with Gasteiger partial charge in [-0.1, -0.05) is 325 Å². The van der Waals surface area contributed by atoms with E-state index in [1.807, 2.05) is 0 Å². The predicted molar refractivity (Wildman–Crippen MR) is 381 cm³/mol. The van der Waals surface area contributed by atoms with Crippen LogP contribution >= 0.6 is 15.6 Å². The molecule has 0 aromatic carbocycles. The highest BCUT2D eigenvalue weighted by molar-refractivity contribution is 7.47. The van der Waals surface area contributed by atoms with E-state index in [1.54, 1.807) is 0 Å². The van der Waals surface area contributed by atoms with Crippen LogP contribution in [0, 0.1) is 23.7 Å². The first kappa shape index (κ1) is 92.1. The second-order valence-corrected chi connectivity index (χ2v) is 31.6. The molecule has 0 aliphatic carbocycles. The lowest BCUT2D eigenvalue weighted by Gasteiger charge is -2.21. The fraction of sp³-hybridized carbons (Fsp3) is 0.947. The van der Waals surface area contributed by atoms with Crippen molar-refractivity contribution < 1.29 is 80.2 Å². The summed E-state index contributed by atoms with van der Waals surface area (Å²) in [6.45, 7) is 14.2. The summed E-state index contributed by atoms with van der Waals surface area (Å²) in [6, 6.07) is 0. The number of aliphatic hydroxyl groups is 1. The Kier molecular flexibility index (Phi) is 63.1. The third-order valence-electron chi connectivity index (χ3n) is 17.7. The molecule has 19 heteroatoms. The van der Waals surface area contributed by atoms with E-state index in [9.17, 15) is 43.2 Å². The molecular weight excluding hydrogens is 1230 g/mol. The zero-order chi connectivity index (χ0) is 69.6. The molecule has 0 aliphatic heterocycles. The van der Waals surface area contributed by atoms with Crippen molar-refractivity contribution in [1.29, 1.82) is 0 Å². The maximum Gasteiger partial charge on any atom is 0.472 e. The summed E-state index contributed by atoms with van der Waals surface area (Å²) < 4.78 is 68.5. The highest BCUT2D eigenvalue weighted by atomic mass is 31.2. The lowest BCUT2D eigenvalue weighted by molar-refractivity contribution is -0.161. The Balaban J connectivity index is 5.23. The van der Waals surface area contributed by atoms with Gasteiger partial charge in [0.05, 0.1) is 26.4 Å². The van der Waals surface area contributed by atoms with Crippen molar-refractivity contribution in [2.45, 2.75) is 395 Å². The number of carbonyl (C=O) groups is 4. The van der Waals surface area contributed by atoms with Crippen LogP contribution in [0.25, 0.3) is 0 Å². The fourth-order valence-electron chi connectivity index (χ4n) is 11.3. The van der Waals surface area contributed by atoms with Crippen molar-refractivity contribution in [3.05, 3.63) is 0 Å². The molecule has 0 bridgehead atoms. The van der Waals surface area contributed by atoms with Crippen LogP contribution in [0.4, 0.5) is 0 Å². The Morgan fingerprint density at radius 2 is 0.511 bits per heavy atom. The Hall–Kier alpha value is -1.94. The number of phosphoric ester groups is 2. The molecule has 17 nitrogen and oxygen atoms in total. The predicted octanol–water partition coefficient (Wildman–Crippen LogP) is 21.7. The average molecular weight is 1380 g/mol. The molecule has 0 rings (SSSR count). The van der Waals surface area contributed by atoms with Crippen LogP contribution in [-0.2, 0) is 65.4 Å². The number of hydrogen-bond acceptors (Lipinski definition) is 15. The molecule has 4 unspecified atom stereocenters. The number of phosphoric acid groups is 2. The Morgan fingerprint density at radius 3 is 0.755 bits per heavy atom. The number of rotatable bonds is 72. The number of unbranched alkanes of at least 4 members (excludes halogenated alkanes) is 37. The standard InChI is InChI=1S/C75H146O17P2/c1-9-68(8)54-46-38-30-21-17-12-10-11-13-18-22-32-41-49-57-74(79)92-71(62-86-73(78)56-48-40-34-26-29-37-45-53-67(6)7)64-90-94(83,84)88-60-69(76)59-87-93(81,82)89-63-70(61-85-72(77)55-47-39-31-25-24-28-36-44-52-66(4)5)91-75(80)58-50-42-33-23-19-15-14-16-20-27-35-43-51-65(2)3/h65-71,76H,9-64H2,1-8H3,(H,81,82)(H,83,84)/t68?,69?,70-,71-/m1/s1. The fourth-order valence-corrected chi connectivity index (χ4v) is 12.9. The van der Waals surface area contributed by atoms with Crippen LogP contribution in [0.1, 0.15) is 376 Å². The number of esters is 4. The van der Waals surface area contributed by atoms with E-state index in [1.165, 1.54) is 173 Å². The minimum atomic E-state index is -4.96. The molecule has 0 heterocycles. The highest BCUT2D eigenvalue weighted by Crippen LogP contribution is 2.45. The number of aliphatic hydroxyl groups excluding tert-OH is 1. The number of carbonyl (C=O) groups excluding carboxylic acids is 4. The summed E-state index contributed by atoms with van der Waals surface area (Å²) in [6.07, 6.45) is 48.6. The van der Waals surface area contributed by atoms with E-state index in [-0.39, 0.29) is 25.7 Å². The van der Waals surface area contributed by atoms with Crippen LogP contribution < -0.4 is 0 Å². The molecule has 0 spiro atoms. The van der Waals surface area contributed by atoms with Gasteiger partial charge in [-0.25, -0.2) is 9.13 Å². The molecule has 0 saturated heterocycles. The lowest BCUT2D eigenvalue weighted by atomic mass is 9.99. The van der Waals surface area contributed by atoms with Gasteiger partial charge in [-0.3, -0.25) is 37.3 Å². The van der Waals surface area contributed by atoms with Gasteiger partial charge in [0.2, 0.25) is 0 Å². The van der Waals surface area contributed by atoms with E-state index >= 15 is 0 Å². The van der Waals surface area contributed by atoms with Gasteiger partial charge in [0.25, 0.3) is 0 Å². The van der Waals surface area contributed by atoms with Gasteiger partial charge in [-0.15, -0.1) is 0 Å². The van der Waals surface area contributed by atoms with Crippen molar-refractivity contribution in [2.24, 2.45) is 23.7 Å². The molecule has 0 amide bonds. The zero-order valence-electron chi connectivity index (χ0n) is 61.6. The van der Waals surface area contributed by atoms with Crippen molar-refractivity contribution >= 4 is 39.5 Å². The first-order valence-electron chi connectivity index (χ1n) is 38.7. The summed E-state index contributed by atoms with van der Waals surface area (Å²) in [5.74, 6) is 0.931. The third kappa shape index (κ3) is 67.3. The minimum Gasteiger partial charge on any atom is -0.462 e. The van der Waals surface area contributed by atoms with Crippen molar-refractivity contribution in [1.82, 2.24) is 0 Å². The maximum absolute atomic E-state index is 13.1. The summed E-state index contributed by atoms with van der Waals surface area (Å²) in [7, 11) is -9.91. The Morgan fingerprint density at radius 1 is 0.298 bits per heavy atom. The second kappa shape index (κ2) is 64.4. The SMILES string of the molecule is CCC(C)CCCCCCCCCCCCCCCCC(=O)O[C@H](COC(=O)CCCCCCCCCC(C)C)COP(=O)(O)OCC(O)COP(=O)(O)OC[C@@H](COC(=O)CCCCCCCCCCC(C)C)OC(=O)CCCCCCCCCCCCCCC(C)C. The largest absolute Gasteiger partial charge is 0.472 e. The molecule has 0 aliphatic rings. The van der Waals surface area contributed by atoms with Crippen molar-refractivity contribution in [2.75, 3.05) is 39.6 Å². The molecule has 558 valence electrons.